The van der Waals surface area contributed by atoms with Crippen molar-refractivity contribution in [3.05, 3.63) is 101 Å². The second-order valence-electron chi connectivity index (χ2n) is 8.94. The zero-order valence-corrected chi connectivity index (χ0v) is 19.5. The monoisotopic (exact) mass is 495 g/mol. The van der Waals surface area contributed by atoms with E-state index in [1.54, 1.807) is 17.0 Å². The summed E-state index contributed by atoms with van der Waals surface area (Å²) in [5.74, 6) is -0.785. The Kier molecular flexibility index (Phi) is 6.53. The number of carbonyl (C=O) groups is 1. The summed E-state index contributed by atoms with van der Waals surface area (Å²) in [6.07, 6.45) is -0.341. The Morgan fingerprint density at radius 2 is 1.50 bits per heavy atom. The van der Waals surface area contributed by atoms with Crippen LogP contribution in [-0.2, 0) is 0 Å². The van der Waals surface area contributed by atoms with Crippen molar-refractivity contribution >= 4 is 23.4 Å². The average molecular weight is 496 g/mol. The number of alkyl halides is 3. The maximum Gasteiger partial charge on any atom is 0.408 e. The Morgan fingerprint density at radius 3 is 2.17 bits per heavy atom. The number of rotatable bonds is 4. The summed E-state index contributed by atoms with van der Waals surface area (Å²) in [4.78, 5) is 18.1. The Bertz CT molecular complexity index is 1250. The third-order valence-electron chi connectivity index (χ3n) is 6.70. The molecule has 2 aliphatic rings. The number of piperazine rings is 1. The molecular weight excluding hydrogens is 470 g/mol. The molecule has 3 aromatic rings. The molecule has 1 unspecified atom stereocenters. The quantitative estimate of drug-likeness (QED) is 0.412. The normalized spacial score (nSPS) is 17.1. The molecule has 4 nitrogen and oxygen atoms in total. The fourth-order valence-electron chi connectivity index (χ4n) is 4.90. The molecule has 36 heavy (non-hydrogen) atoms. The first-order valence-electron chi connectivity index (χ1n) is 11.8. The van der Waals surface area contributed by atoms with Gasteiger partial charge in [0.05, 0.1) is 0 Å². The first-order valence-corrected chi connectivity index (χ1v) is 11.8. The van der Waals surface area contributed by atoms with E-state index >= 15 is 0 Å². The van der Waals surface area contributed by atoms with E-state index in [4.69, 9.17) is 0 Å². The van der Waals surface area contributed by atoms with Gasteiger partial charge in [0.25, 0.3) is 5.91 Å². The number of carbonyl (C=O) groups excluding carboxylic acids is 1. The van der Waals surface area contributed by atoms with E-state index in [-0.39, 0.29) is 37.6 Å². The molecule has 0 N–H and O–H groups in total. The highest BCUT2D eigenvalue weighted by Gasteiger charge is 2.45. The number of nitrogens with zero attached hydrogens (tertiary/aromatic N) is 3. The maximum absolute atomic E-state index is 13.9. The molecule has 0 bridgehead atoms. The molecule has 0 aliphatic carbocycles. The minimum atomic E-state index is -4.51. The molecule has 0 spiro atoms. The summed E-state index contributed by atoms with van der Waals surface area (Å²) in [7, 11) is 0. The highest BCUT2D eigenvalue weighted by Crippen LogP contribution is 2.38. The smallest absolute Gasteiger partial charge is 0.337 e. The summed E-state index contributed by atoms with van der Waals surface area (Å²) in [5.41, 5.74) is 3.67. The predicted molar refractivity (Wildman–Crippen MR) is 132 cm³/mol. The van der Waals surface area contributed by atoms with Crippen LogP contribution in [0.15, 0.2) is 78.9 Å². The Balaban J connectivity index is 1.26. The number of para-hydroxylation sites is 1. The lowest BCUT2D eigenvalue weighted by Gasteiger charge is -2.40. The van der Waals surface area contributed by atoms with E-state index < -0.39 is 18.0 Å². The molecular formula is C28H25F4N3O. The van der Waals surface area contributed by atoms with Crippen molar-refractivity contribution in [2.75, 3.05) is 37.6 Å². The van der Waals surface area contributed by atoms with Gasteiger partial charge in [0, 0.05) is 49.7 Å². The zero-order valence-electron chi connectivity index (χ0n) is 19.5. The van der Waals surface area contributed by atoms with Crippen LogP contribution in [0.3, 0.4) is 0 Å². The van der Waals surface area contributed by atoms with Gasteiger partial charge in [0.1, 0.15) is 11.9 Å². The summed E-state index contributed by atoms with van der Waals surface area (Å²) >= 11 is 0. The Hall–Kier alpha value is -3.65. The van der Waals surface area contributed by atoms with Crippen LogP contribution in [0.25, 0.3) is 6.08 Å². The first-order chi connectivity index (χ1) is 17.3. The maximum atomic E-state index is 13.9. The molecule has 186 valence electrons. The van der Waals surface area contributed by atoms with E-state index in [1.807, 2.05) is 24.3 Å². The largest absolute Gasteiger partial charge is 0.408 e. The molecule has 0 saturated carbocycles. The zero-order chi connectivity index (χ0) is 25.3. The fourth-order valence-corrected chi connectivity index (χ4v) is 4.90. The third-order valence-corrected chi connectivity index (χ3v) is 6.70. The van der Waals surface area contributed by atoms with Crippen molar-refractivity contribution in [3.63, 3.8) is 0 Å². The minimum Gasteiger partial charge on any atom is -0.337 e. The van der Waals surface area contributed by atoms with Gasteiger partial charge in [-0.3, -0.25) is 9.69 Å². The van der Waals surface area contributed by atoms with Gasteiger partial charge in [-0.05, 0) is 53.6 Å². The van der Waals surface area contributed by atoms with Crippen LogP contribution in [0.4, 0.5) is 28.9 Å². The first kappa shape index (κ1) is 24.1. The molecule has 0 aromatic heterocycles. The van der Waals surface area contributed by atoms with Gasteiger partial charge in [-0.25, -0.2) is 4.39 Å². The van der Waals surface area contributed by atoms with Crippen molar-refractivity contribution in [2.45, 2.75) is 12.2 Å². The number of hydrogen-bond acceptors (Lipinski definition) is 3. The van der Waals surface area contributed by atoms with E-state index in [1.165, 1.54) is 17.0 Å². The van der Waals surface area contributed by atoms with Crippen LogP contribution in [-0.4, -0.2) is 54.6 Å². The van der Waals surface area contributed by atoms with E-state index in [0.29, 0.717) is 5.56 Å². The average Bonchev–Trinajstić information content (AvgIpc) is 2.89. The molecule has 0 radical (unpaired) electrons. The molecule has 2 aliphatic heterocycles. The summed E-state index contributed by atoms with van der Waals surface area (Å²) in [6, 6.07) is 18.0. The van der Waals surface area contributed by atoms with Crippen LogP contribution in [0.2, 0.25) is 0 Å². The Labute approximate surface area is 207 Å². The van der Waals surface area contributed by atoms with Crippen LogP contribution >= 0.6 is 0 Å². The number of amides is 1. The van der Waals surface area contributed by atoms with Gasteiger partial charge >= 0.3 is 6.18 Å². The van der Waals surface area contributed by atoms with Crippen LogP contribution in [0.1, 0.15) is 27.5 Å². The molecule has 2 heterocycles. The molecule has 1 amide bonds. The van der Waals surface area contributed by atoms with Gasteiger partial charge in [0.15, 0.2) is 0 Å². The fraction of sp³-hybridized carbons (Fsp3) is 0.250. The number of benzene rings is 3. The number of fused-ring (bicyclic) bond motifs is 1. The summed E-state index contributed by atoms with van der Waals surface area (Å²) in [5, 5.41) is 0. The van der Waals surface area contributed by atoms with Crippen LogP contribution < -0.4 is 4.90 Å². The van der Waals surface area contributed by atoms with E-state index in [0.717, 1.165) is 35.6 Å². The van der Waals surface area contributed by atoms with Gasteiger partial charge in [-0.2, -0.15) is 13.2 Å². The van der Waals surface area contributed by atoms with Crippen molar-refractivity contribution in [1.29, 1.82) is 0 Å². The lowest BCUT2D eigenvalue weighted by molar-refractivity contribution is -0.189. The molecule has 5 rings (SSSR count). The molecule has 3 aromatic carbocycles. The molecule has 8 heteroatoms. The van der Waals surface area contributed by atoms with Crippen molar-refractivity contribution in [1.82, 2.24) is 9.80 Å². The van der Waals surface area contributed by atoms with E-state index in [9.17, 15) is 22.4 Å². The number of anilines is 2. The SMILES string of the molecule is O=C(c1ccc(N2CC=Cc3ccccc32)cc1)N1CCN(C(c2ccc(F)cc2)C(F)(F)F)CC1. The summed E-state index contributed by atoms with van der Waals surface area (Å²) in [6.45, 7) is 1.22. The van der Waals surface area contributed by atoms with E-state index in [2.05, 4.69) is 29.2 Å². The van der Waals surface area contributed by atoms with Gasteiger partial charge in [-0.15, -0.1) is 0 Å². The van der Waals surface area contributed by atoms with Crippen molar-refractivity contribution in [3.8, 4) is 0 Å². The number of hydrogen-bond donors (Lipinski definition) is 0. The molecule has 1 atom stereocenters. The highest BCUT2D eigenvalue weighted by molar-refractivity contribution is 5.95. The lowest BCUT2D eigenvalue weighted by Crippen LogP contribution is -2.52. The Morgan fingerprint density at radius 1 is 0.833 bits per heavy atom. The third kappa shape index (κ3) is 4.86. The topological polar surface area (TPSA) is 26.8 Å². The van der Waals surface area contributed by atoms with Gasteiger partial charge < -0.3 is 9.80 Å². The van der Waals surface area contributed by atoms with Gasteiger partial charge in [0.2, 0.25) is 0 Å². The second kappa shape index (κ2) is 9.78. The predicted octanol–water partition coefficient (Wildman–Crippen LogP) is 6.05. The molecule has 1 fully saturated rings. The minimum absolute atomic E-state index is 0.00611. The van der Waals surface area contributed by atoms with Crippen LogP contribution in [0, 0.1) is 5.82 Å². The van der Waals surface area contributed by atoms with Gasteiger partial charge in [-0.1, -0.05) is 42.5 Å². The van der Waals surface area contributed by atoms with Crippen molar-refractivity contribution < 1.29 is 22.4 Å². The standard InChI is InChI=1S/C28H25F4N3O/c29-23-11-7-21(8-12-23)26(28(30,31)32)33-16-18-34(19-17-33)27(36)22-9-13-24(14-10-22)35-15-3-5-20-4-1-2-6-25(20)35/h1-14,26H,15-19H2. The number of halogens is 4. The summed E-state index contributed by atoms with van der Waals surface area (Å²) < 4.78 is 54.9. The van der Waals surface area contributed by atoms with Crippen LogP contribution in [0.5, 0.6) is 0 Å². The molecule has 1 saturated heterocycles. The highest BCUT2D eigenvalue weighted by atomic mass is 19.4. The second-order valence-corrected chi connectivity index (χ2v) is 8.94. The van der Waals surface area contributed by atoms with Crippen molar-refractivity contribution in [2.24, 2.45) is 0 Å². The lowest BCUT2D eigenvalue weighted by atomic mass is 10.0.